The van der Waals surface area contributed by atoms with Crippen molar-refractivity contribution in [3.05, 3.63) is 28.3 Å². The Balaban J connectivity index is 3.05. The van der Waals surface area contributed by atoms with Gasteiger partial charge in [0, 0.05) is 0 Å². The van der Waals surface area contributed by atoms with Crippen molar-refractivity contribution in [2.75, 3.05) is 6.86 Å². The lowest BCUT2D eigenvalue weighted by Gasteiger charge is -2.09. The normalized spacial score (nSPS) is 11.1. The molecule has 17 heavy (non-hydrogen) atoms. The summed E-state index contributed by atoms with van der Waals surface area (Å²) in [6.07, 6.45) is -4.96. The Hall–Kier alpha value is -2.06. The zero-order valence-corrected chi connectivity index (χ0v) is 8.03. The Morgan fingerprint density at radius 1 is 1.35 bits per heavy atom. The van der Waals surface area contributed by atoms with Crippen LogP contribution in [0.1, 0.15) is 0 Å². The average Bonchev–Trinajstić information content (AvgIpc) is 2.18. The van der Waals surface area contributed by atoms with Gasteiger partial charge in [0.05, 0.1) is 11.0 Å². The van der Waals surface area contributed by atoms with E-state index in [1.54, 1.807) is 0 Å². The molecule has 0 radical (unpaired) electrons. The first-order valence-corrected chi connectivity index (χ1v) is 4.06. The Bertz CT molecular complexity index is 420. The zero-order valence-electron chi connectivity index (χ0n) is 8.03. The highest BCUT2D eigenvalue weighted by atomic mass is 19.4. The molecule has 0 bridgehead atoms. The van der Waals surface area contributed by atoms with Gasteiger partial charge in [0.25, 0.3) is 0 Å². The van der Waals surface area contributed by atoms with E-state index in [1.807, 2.05) is 0 Å². The molecule has 5 nitrogen and oxygen atoms in total. The van der Waals surface area contributed by atoms with Crippen molar-refractivity contribution in [2.45, 2.75) is 6.36 Å². The summed E-state index contributed by atoms with van der Waals surface area (Å²) in [6, 6.07) is 2.10. The van der Waals surface area contributed by atoms with Crippen molar-refractivity contribution in [2.24, 2.45) is 0 Å². The minimum absolute atomic E-state index is 0.480. The SMILES string of the molecule is O=[N+]([O-])c1cc(OC(F)(F)F)ccc1OCF. The Morgan fingerprint density at radius 3 is 2.47 bits per heavy atom. The van der Waals surface area contributed by atoms with E-state index in [-0.39, 0.29) is 0 Å². The van der Waals surface area contributed by atoms with Crippen molar-refractivity contribution in [3.8, 4) is 11.5 Å². The highest BCUT2D eigenvalue weighted by Crippen LogP contribution is 2.33. The molecule has 0 fully saturated rings. The van der Waals surface area contributed by atoms with Gasteiger partial charge >= 0.3 is 12.0 Å². The van der Waals surface area contributed by atoms with Gasteiger partial charge < -0.3 is 9.47 Å². The van der Waals surface area contributed by atoms with Gasteiger partial charge in [-0.25, -0.2) is 4.39 Å². The Kier molecular flexibility index (Phi) is 3.71. The van der Waals surface area contributed by atoms with Gasteiger partial charge in [0.1, 0.15) is 5.75 Å². The van der Waals surface area contributed by atoms with Crippen LogP contribution in [0.3, 0.4) is 0 Å². The molecule has 0 aromatic heterocycles. The zero-order chi connectivity index (χ0) is 13.1. The summed E-state index contributed by atoms with van der Waals surface area (Å²) in [5.41, 5.74) is -0.815. The molecular formula is C8H5F4NO4. The third kappa shape index (κ3) is 3.78. The molecule has 0 N–H and O–H groups in total. The van der Waals surface area contributed by atoms with Crippen LogP contribution in [0.2, 0.25) is 0 Å². The highest BCUT2D eigenvalue weighted by Gasteiger charge is 2.32. The molecule has 1 aromatic rings. The van der Waals surface area contributed by atoms with Gasteiger partial charge in [-0.15, -0.1) is 13.2 Å². The fourth-order valence-electron chi connectivity index (χ4n) is 1.02. The first-order valence-electron chi connectivity index (χ1n) is 4.06. The number of hydrogen-bond acceptors (Lipinski definition) is 4. The van der Waals surface area contributed by atoms with E-state index in [4.69, 9.17) is 0 Å². The Labute approximate surface area is 91.7 Å². The number of ether oxygens (including phenoxy) is 2. The summed E-state index contributed by atoms with van der Waals surface area (Å²) in [4.78, 5) is 9.47. The summed E-state index contributed by atoms with van der Waals surface area (Å²) in [5.74, 6) is -1.26. The fourth-order valence-corrected chi connectivity index (χ4v) is 1.02. The maximum Gasteiger partial charge on any atom is 0.573 e. The summed E-state index contributed by atoms with van der Waals surface area (Å²) in [6.45, 7) is -1.33. The number of nitro benzene ring substituents is 1. The molecule has 0 unspecified atom stereocenters. The van der Waals surface area contributed by atoms with E-state index >= 15 is 0 Å². The summed E-state index contributed by atoms with van der Waals surface area (Å²) < 4.78 is 55.1. The summed E-state index contributed by atoms with van der Waals surface area (Å²) in [5, 5.41) is 10.5. The van der Waals surface area contributed by atoms with Crippen molar-refractivity contribution >= 4 is 5.69 Å². The van der Waals surface area contributed by atoms with Crippen molar-refractivity contribution < 1.29 is 32.0 Å². The van der Waals surface area contributed by atoms with Crippen LogP contribution >= 0.6 is 0 Å². The predicted molar refractivity (Wildman–Crippen MR) is 46.4 cm³/mol. The van der Waals surface area contributed by atoms with Crippen LogP contribution in [0.4, 0.5) is 23.2 Å². The quantitative estimate of drug-likeness (QED) is 0.471. The molecule has 0 aliphatic rings. The first kappa shape index (κ1) is 13.0. The van der Waals surface area contributed by atoms with Gasteiger partial charge in [0.2, 0.25) is 12.6 Å². The number of rotatable bonds is 4. The second-order valence-corrected chi connectivity index (χ2v) is 2.69. The lowest BCUT2D eigenvalue weighted by atomic mass is 10.3. The predicted octanol–water partition coefficient (Wildman–Crippen LogP) is 2.80. The fraction of sp³-hybridized carbons (Fsp3) is 0.250. The van der Waals surface area contributed by atoms with Crippen LogP contribution < -0.4 is 9.47 Å². The molecule has 1 aromatic carbocycles. The molecule has 0 aliphatic carbocycles. The van der Waals surface area contributed by atoms with E-state index in [0.29, 0.717) is 6.07 Å². The molecule has 94 valence electrons. The number of halogens is 4. The third-order valence-corrected chi connectivity index (χ3v) is 1.57. The Morgan fingerprint density at radius 2 is 2.00 bits per heavy atom. The number of benzene rings is 1. The standard InChI is InChI=1S/C8H5F4NO4/c9-4-16-7-2-1-5(17-8(10,11)12)3-6(7)13(14)15/h1-3H,4H2. The number of nitro groups is 1. The average molecular weight is 255 g/mol. The molecule has 0 amide bonds. The number of hydrogen-bond donors (Lipinski definition) is 0. The second-order valence-electron chi connectivity index (χ2n) is 2.69. The van der Waals surface area contributed by atoms with Crippen LogP contribution in [0, 0.1) is 10.1 Å². The first-order chi connectivity index (χ1) is 7.83. The van der Waals surface area contributed by atoms with Gasteiger partial charge in [-0.1, -0.05) is 0 Å². The lowest BCUT2D eigenvalue weighted by Crippen LogP contribution is -2.17. The maximum absolute atomic E-state index is 11.8. The topological polar surface area (TPSA) is 61.6 Å². The number of nitrogens with zero attached hydrogens (tertiary/aromatic N) is 1. The van der Waals surface area contributed by atoms with Crippen LogP contribution in [-0.2, 0) is 0 Å². The molecule has 0 aliphatic heterocycles. The minimum Gasteiger partial charge on any atom is -0.456 e. The van der Waals surface area contributed by atoms with Crippen molar-refractivity contribution in [1.82, 2.24) is 0 Å². The molecule has 0 saturated heterocycles. The summed E-state index contributed by atoms with van der Waals surface area (Å²) >= 11 is 0. The minimum atomic E-state index is -4.96. The van der Waals surface area contributed by atoms with Gasteiger partial charge in [0.15, 0.2) is 0 Å². The van der Waals surface area contributed by atoms with E-state index in [1.165, 1.54) is 0 Å². The molecule has 1 rings (SSSR count). The van der Waals surface area contributed by atoms with E-state index in [2.05, 4.69) is 9.47 Å². The van der Waals surface area contributed by atoms with Crippen LogP contribution in [0.5, 0.6) is 11.5 Å². The van der Waals surface area contributed by atoms with Gasteiger partial charge in [-0.3, -0.25) is 10.1 Å². The molecular weight excluding hydrogens is 250 g/mol. The molecule has 9 heteroatoms. The molecule has 0 saturated carbocycles. The maximum atomic E-state index is 11.8. The van der Waals surface area contributed by atoms with Gasteiger partial charge in [-0.2, -0.15) is 0 Å². The monoisotopic (exact) mass is 255 g/mol. The number of alkyl halides is 4. The van der Waals surface area contributed by atoms with Crippen molar-refractivity contribution in [3.63, 3.8) is 0 Å². The second kappa shape index (κ2) is 4.85. The highest BCUT2D eigenvalue weighted by molar-refractivity contribution is 5.50. The molecule has 0 atom stereocenters. The molecule has 0 heterocycles. The summed E-state index contributed by atoms with van der Waals surface area (Å²) in [7, 11) is 0. The van der Waals surface area contributed by atoms with E-state index < -0.39 is 35.3 Å². The van der Waals surface area contributed by atoms with Crippen molar-refractivity contribution in [1.29, 1.82) is 0 Å². The lowest BCUT2D eigenvalue weighted by molar-refractivity contribution is -0.386. The van der Waals surface area contributed by atoms with Gasteiger partial charge in [-0.05, 0) is 12.1 Å². The van der Waals surface area contributed by atoms with Crippen LogP contribution in [0.25, 0.3) is 0 Å². The van der Waals surface area contributed by atoms with Crippen LogP contribution in [-0.4, -0.2) is 18.1 Å². The van der Waals surface area contributed by atoms with E-state index in [9.17, 15) is 27.7 Å². The largest absolute Gasteiger partial charge is 0.573 e. The van der Waals surface area contributed by atoms with Crippen LogP contribution in [0.15, 0.2) is 18.2 Å². The third-order valence-electron chi connectivity index (χ3n) is 1.57. The van der Waals surface area contributed by atoms with E-state index in [0.717, 1.165) is 12.1 Å². The molecule has 0 spiro atoms. The smallest absolute Gasteiger partial charge is 0.456 e.